The molecule has 0 atom stereocenters. The van der Waals surface area contributed by atoms with Crippen LogP contribution < -0.4 is 5.32 Å². The van der Waals surface area contributed by atoms with Gasteiger partial charge in [-0.2, -0.15) is 9.67 Å². The van der Waals surface area contributed by atoms with Crippen molar-refractivity contribution in [2.45, 2.75) is 13.1 Å². The maximum atomic E-state index is 13.1. The van der Waals surface area contributed by atoms with Crippen LogP contribution in [0.1, 0.15) is 22.1 Å². The summed E-state index contributed by atoms with van der Waals surface area (Å²) in [5.41, 5.74) is 0.580. The summed E-state index contributed by atoms with van der Waals surface area (Å²) in [6.45, 7) is 0.105. The molecule has 0 bridgehead atoms. The Kier molecular flexibility index (Phi) is 4.46. The normalized spacial score (nSPS) is 10.6. The van der Waals surface area contributed by atoms with Crippen LogP contribution in [0.2, 0.25) is 0 Å². The van der Waals surface area contributed by atoms with Crippen LogP contribution in [-0.2, 0) is 13.1 Å². The SMILES string of the molecule is O=C(NCc1cccc(F)c1)c1nc(Cn2ccc([N+](=O)[O-])n2)no1. The summed E-state index contributed by atoms with van der Waals surface area (Å²) in [6, 6.07) is 7.02. The van der Waals surface area contributed by atoms with Gasteiger partial charge in [0.05, 0.1) is 17.4 Å². The van der Waals surface area contributed by atoms with Gasteiger partial charge in [-0.1, -0.05) is 17.3 Å². The summed E-state index contributed by atoms with van der Waals surface area (Å²) in [5, 5.41) is 20.4. The van der Waals surface area contributed by atoms with Crippen molar-refractivity contribution in [1.82, 2.24) is 25.2 Å². The van der Waals surface area contributed by atoms with E-state index in [9.17, 15) is 19.3 Å². The fourth-order valence-electron chi connectivity index (χ4n) is 2.00. The number of aromatic nitrogens is 4. The minimum Gasteiger partial charge on any atom is -0.358 e. The minimum atomic E-state index is -0.627. The molecule has 10 nitrogen and oxygen atoms in total. The Balaban J connectivity index is 1.60. The number of hydrogen-bond acceptors (Lipinski definition) is 7. The van der Waals surface area contributed by atoms with E-state index in [0.29, 0.717) is 5.56 Å². The van der Waals surface area contributed by atoms with E-state index in [2.05, 4.69) is 20.6 Å². The number of carbonyl (C=O) groups is 1. The number of carbonyl (C=O) groups excluding carboxylic acids is 1. The minimum absolute atomic E-state index is 0.00845. The van der Waals surface area contributed by atoms with E-state index in [4.69, 9.17) is 4.52 Å². The molecular formula is C14H11FN6O4. The molecule has 2 aromatic heterocycles. The maximum Gasteiger partial charge on any atom is 0.389 e. The summed E-state index contributed by atoms with van der Waals surface area (Å²) < 4.78 is 19.2. The second kappa shape index (κ2) is 6.86. The van der Waals surface area contributed by atoms with E-state index in [1.165, 1.54) is 35.1 Å². The Morgan fingerprint density at radius 1 is 1.40 bits per heavy atom. The number of amides is 1. The van der Waals surface area contributed by atoms with E-state index in [1.807, 2.05) is 0 Å². The lowest BCUT2D eigenvalue weighted by molar-refractivity contribution is -0.389. The Hall–Kier alpha value is -3.63. The van der Waals surface area contributed by atoms with Gasteiger partial charge in [-0.3, -0.25) is 4.79 Å². The molecule has 0 unspecified atom stereocenters. The molecule has 3 aromatic rings. The predicted octanol–water partition coefficient (Wildman–Crippen LogP) is 1.29. The maximum absolute atomic E-state index is 13.1. The van der Waals surface area contributed by atoms with Crippen LogP contribution in [0.4, 0.5) is 10.2 Å². The van der Waals surface area contributed by atoms with Crippen LogP contribution >= 0.6 is 0 Å². The van der Waals surface area contributed by atoms with Crippen molar-refractivity contribution < 1.29 is 18.6 Å². The molecule has 25 heavy (non-hydrogen) atoms. The van der Waals surface area contributed by atoms with Gasteiger partial charge in [0.2, 0.25) is 0 Å². The van der Waals surface area contributed by atoms with Gasteiger partial charge in [0, 0.05) is 6.54 Å². The van der Waals surface area contributed by atoms with Crippen molar-refractivity contribution in [2.75, 3.05) is 0 Å². The zero-order valence-corrected chi connectivity index (χ0v) is 12.6. The number of nitro groups is 1. The van der Waals surface area contributed by atoms with E-state index in [-0.39, 0.29) is 30.6 Å². The van der Waals surface area contributed by atoms with Crippen LogP contribution in [0.5, 0.6) is 0 Å². The number of hydrogen-bond donors (Lipinski definition) is 1. The molecule has 1 amide bonds. The number of halogens is 1. The molecule has 1 aromatic carbocycles. The van der Waals surface area contributed by atoms with E-state index in [0.717, 1.165) is 0 Å². The third-order valence-electron chi connectivity index (χ3n) is 3.12. The predicted molar refractivity (Wildman–Crippen MR) is 79.9 cm³/mol. The Morgan fingerprint density at radius 3 is 2.96 bits per heavy atom. The van der Waals surface area contributed by atoms with Crippen LogP contribution in [-0.4, -0.2) is 30.8 Å². The summed E-state index contributed by atoms with van der Waals surface area (Å²) >= 11 is 0. The van der Waals surface area contributed by atoms with Gasteiger partial charge in [0.15, 0.2) is 5.82 Å². The highest BCUT2D eigenvalue weighted by Crippen LogP contribution is 2.07. The van der Waals surface area contributed by atoms with Crippen LogP contribution in [0, 0.1) is 15.9 Å². The van der Waals surface area contributed by atoms with Crippen molar-refractivity contribution in [3.05, 3.63) is 69.7 Å². The first-order chi connectivity index (χ1) is 12.0. The monoisotopic (exact) mass is 346 g/mol. The summed E-state index contributed by atoms with van der Waals surface area (Å²) in [6.07, 6.45) is 1.39. The van der Waals surface area contributed by atoms with Gasteiger partial charge in [-0.25, -0.2) is 4.39 Å². The Morgan fingerprint density at radius 2 is 2.24 bits per heavy atom. The molecule has 0 aliphatic heterocycles. The van der Waals surface area contributed by atoms with Crippen molar-refractivity contribution in [3.63, 3.8) is 0 Å². The number of nitrogens with one attached hydrogen (secondary N) is 1. The molecule has 3 rings (SSSR count). The zero-order valence-electron chi connectivity index (χ0n) is 12.6. The number of rotatable bonds is 6. The highest BCUT2D eigenvalue weighted by Gasteiger charge is 2.17. The fraction of sp³-hybridized carbons (Fsp3) is 0.143. The Labute approximate surface area is 139 Å². The average Bonchev–Trinajstić information content (AvgIpc) is 3.23. The quantitative estimate of drug-likeness (QED) is 0.526. The van der Waals surface area contributed by atoms with E-state index >= 15 is 0 Å². The first-order valence-corrected chi connectivity index (χ1v) is 7.04. The molecular weight excluding hydrogens is 335 g/mol. The van der Waals surface area contributed by atoms with Gasteiger partial charge < -0.3 is 20.0 Å². The zero-order chi connectivity index (χ0) is 17.8. The summed E-state index contributed by atoms with van der Waals surface area (Å²) in [5.74, 6) is -1.46. The molecule has 128 valence electrons. The molecule has 1 N–H and O–H groups in total. The smallest absolute Gasteiger partial charge is 0.358 e. The van der Waals surface area contributed by atoms with Gasteiger partial charge in [-0.15, -0.1) is 0 Å². The molecule has 0 saturated heterocycles. The largest absolute Gasteiger partial charge is 0.389 e. The third-order valence-corrected chi connectivity index (χ3v) is 3.12. The van der Waals surface area contributed by atoms with E-state index < -0.39 is 16.6 Å². The van der Waals surface area contributed by atoms with Crippen LogP contribution in [0.3, 0.4) is 0 Å². The first kappa shape index (κ1) is 16.2. The number of nitrogens with zero attached hydrogens (tertiary/aromatic N) is 5. The Bertz CT molecular complexity index is 921. The molecule has 0 aliphatic carbocycles. The van der Waals surface area contributed by atoms with Crippen molar-refractivity contribution in [3.8, 4) is 0 Å². The molecule has 0 spiro atoms. The van der Waals surface area contributed by atoms with Crippen LogP contribution in [0.25, 0.3) is 0 Å². The fourth-order valence-corrected chi connectivity index (χ4v) is 2.00. The van der Waals surface area contributed by atoms with Crippen LogP contribution in [0.15, 0.2) is 41.1 Å². The highest BCUT2D eigenvalue weighted by molar-refractivity contribution is 5.89. The molecule has 0 fully saturated rings. The van der Waals surface area contributed by atoms with E-state index in [1.54, 1.807) is 6.07 Å². The second-order valence-electron chi connectivity index (χ2n) is 4.96. The molecule has 0 saturated carbocycles. The average molecular weight is 346 g/mol. The van der Waals surface area contributed by atoms with Gasteiger partial charge in [0.1, 0.15) is 12.4 Å². The molecule has 11 heteroatoms. The standard InChI is InChI=1S/C14H11FN6O4/c15-10-3-1-2-9(6-10)7-16-13(22)14-17-11(19-25-14)8-20-5-4-12(18-20)21(23)24/h1-6H,7-8H2,(H,16,22). The lowest BCUT2D eigenvalue weighted by Gasteiger charge is -2.02. The van der Waals surface area contributed by atoms with Crippen molar-refractivity contribution in [1.29, 1.82) is 0 Å². The van der Waals surface area contributed by atoms with Gasteiger partial charge in [0.25, 0.3) is 0 Å². The second-order valence-corrected chi connectivity index (χ2v) is 4.96. The van der Waals surface area contributed by atoms with Crippen molar-refractivity contribution >= 4 is 11.7 Å². The summed E-state index contributed by atoms with van der Waals surface area (Å²) in [7, 11) is 0. The molecule has 0 aliphatic rings. The lowest BCUT2D eigenvalue weighted by Crippen LogP contribution is -2.23. The molecule has 0 radical (unpaired) electrons. The first-order valence-electron chi connectivity index (χ1n) is 7.04. The van der Waals surface area contributed by atoms with Crippen molar-refractivity contribution in [2.24, 2.45) is 0 Å². The topological polar surface area (TPSA) is 129 Å². The van der Waals surface area contributed by atoms with Gasteiger partial charge in [-0.05, 0) is 22.6 Å². The lowest BCUT2D eigenvalue weighted by atomic mass is 10.2. The summed E-state index contributed by atoms with van der Waals surface area (Å²) in [4.78, 5) is 25.8. The highest BCUT2D eigenvalue weighted by atomic mass is 19.1. The van der Waals surface area contributed by atoms with Gasteiger partial charge >= 0.3 is 17.6 Å². The molecule has 2 heterocycles. The number of benzene rings is 1. The third kappa shape index (κ3) is 4.02.